The lowest BCUT2D eigenvalue weighted by molar-refractivity contribution is 0.591. The quantitative estimate of drug-likeness (QED) is 0.237. The molecule has 0 atom stereocenters. The van der Waals surface area contributed by atoms with E-state index in [1.165, 1.54) is 0 Å². The first-order valence-electron chi connectivity index (χ1n) is 13.7. The molecule has 0 spiro atoms. The van der Waals surface area contributed by atoms with Crippen LogP contribution in [0.1, 0.15) is 39.5 Å². The fraction of sp³-hybridized carbons (Fsp3) is 0.250. The second-order valence-electron chi connectivity index (χ2n) is 9.89. The first-order valence-corrected chi connectivity index (χ1v) is 16.7. The first-order chi connectivity index (χ1) is 19.3. The van der Waals surface area contributed by atoms with Crippen molar-refractivity contribution >= 4 is 42.4 Å². The van der Waals surface area contributed by atoms with Crippen LogP contribution in [0.5, 0.6) is 0 Å². The number of fused-ring (bicyclic) bond motifs is 4. The minimum absolute atomic E-state index is 0.412. The van der Waals surface area contributed by atoms with Crippen molar-refractivity contribution < 1.29 is 16.8 Å². The summed E-state index contributed by atoms with van der Waals surface area (Å²) >= 11 is 0. The summed E-state index contributed by atoms with van der Waals surface area (Å²) < 4.78 is 50.8. The third-order valence-electron chi connectivity index (χ3n) is 7.25. The molecular weight excluding hydrogens is 540 g/mol. The molecule has 40 heavy (non-hydrogen) atoms. The number of sulfone groups is 2. The van der Waals surface area contributed by atoms with E-state index >= 15 is 0 Å². The predicted molar refractivity (Wildman–Crippen MR) is 160 cm³/mol. The molecule has 208 valence electrons. The molecular formula is C32H34N2O4S2. The Labute approximate surface area is 237 Å². The minimum atomic E-state index is -3.40. The van der Waals surface area contributed by atoms with Crippen molar-refractivity contribution in [1.82, 2.24) is 0 Å². The summed E-state index contributed by atoms with van der Waals surface area (Å²) in [6, 6.07) is 29.0. The van der Waals surface area contributed by atoms with E-state index in [9.17, 15) is 16.8 Å². The summed E-state index contributed by atoms with van der Waals surface area (Å²) in [5, 5.41) is 0. The summed E-state index contributed by atoms with van der Waals surface area (Å²) in [6.45, 7) is 5.94. The molecule has 0 radical (unpaired) electrons. The molecule has 0 aliphatic carbocycles. The Balaban J connectivity index is 0.000000161. The van der Waals surface area contributed by atoms with Crippen LogP contribution in [0.4, 0.5) is 22.7 Å². The van der Waals surface area contributed by atoms with Gasteiger partial charge in [0.1, 0.15) is 0 Å². The Morgan fingerprint density at radius 2 is 0.700 bits per heavy atom. The fourth-order valence-electron chi connectivity index (χ4n) is 5.24. The van der Waals surface area contributed by atoms with E-state index in [0.29, 0.717) is 19.6 Å². The lowest BCUT2D eigenvalue weighted by Crippen LogP contribution is -2.26. The Morgan fingerprint density at radius 3 is 0.950 bits per heavy atom. The lowest BCUT2D eigenvalue weighted by atomic mass is 10.2. The summed E-state index contributed by atoms with van der Waals surface area (Å²) in [4.78, 5) is 5.89. The van der Waals surface area contributed by atoms with Gasteiger partial charge in [-0.1, -0.05) is 75.2 Å². The van der Waals surface area contributed by atoms with E-state index in [2.05, 4.69) is 23.6 Å². The first kappa shape index (κ1) is 27.9. The zero-order valence-electron chi connectivity index (χ0n) is 22.8. The van der Waals surface area contributed by atoms with Gasteiger partial charge in [0.2, 0.25) is 19.7 Å². The van der Waals surface area contributed by atoms with Crippen molar-refractivity contribution in [3.8, 4) is 0 Å². The summed E-state index contributed by atoms with van der Waals surface area (Å²) in [5.74, 6) is 0. The molecule has 8 heteroatoms. The monoisotopic (exact) mass is 574 g/mol. The summed E-state index contributed by atoms with van der Waals surface area (Å²) in [6.07, 6.45) is 4.21. The number of hydrogen-bond acceptors (Lipinski definition) is 6. The maximum Gasteiger partial charge on any atom is 0.210 e. The molecule has 0 bridgehead atoms. The van der Waals surface area contributed by atoms with Crippen molar-refractivity contribution in [2.75, 3.05) is 22.9 Å². The molecule has 4 aromatic carbocycles. The van der Waals surface area contributed by atoms with Gasteiger partial charge in [0.25, 0.3) is 0 Å². The fourth-order valence-corrected chi connectivity index (χ4v) is 8.56. The number of rotatable bonds is 6. The molecule has 0 N–H and O–H groups in total. The molecule has 0 fully saturated rings. The summed E-state index contributed by atoms with van der Waals surface area (Å²) in [5.41, 5.74) is 3.17. The summed E-state index contributed by atoms with van der Waals surface area (Å²) in [7, 11) is -6.80. The third-order valence-corrected chi connectivity index (χ3v) is 10.9. The molecule has 2 heterocycles. The van der Waals surface area contributed by atoms with E-state index in [1.807, 2.05) is 48.5 Å². The average Bonchev–Trinajstić information content (AvgIpc) is 2.98. The molecule has 0 aromatic heterocycles. The average molecular weight is 575 g/mol. The van der Waals surface area contributed by atoms with Crippen LogP contribution in [0.25, 0.3) is 0 Å². The maximum atomic E-state index is 12.7. The van der Waals surface area contributed by atoms with Crippen LogP contribution < -0.4 is 9.80 Å². The van der Waals surface area contributed by atoms with Crippen LogP contribution in [-0.2, 0) is 19.7 Å². The molecule has 0 saturated heterocycles. The van der Waals surface area contributed by atoms with Gasteiger partial charge in [-0.3, -0.25) is 0 Å². The largest absolute Gasteiger partial charge is 0.339 e. The van der Waals surface area contributed by atoms with Crippen molar-refractivity contribution in [2.24, 2.45) is 0 Å². The third kappa shape index (κ3) is 4.90. The molecule has 0 saturated carbocycles. The smallest absolute Gasteiger partial charge is 0.210 e. The van der Waals surface area contributed by atoms with E-state index in [0.717, 1.165) is 61.5 Å². The van der Waals surface area contributed by atoms with Gasteiger partial charge in [-0.25, -0.2) is 16.8 Å². The Bertz CT molecular complexity index is 1500. The molecule has 0 amide bonds. The van der Waals surface area contributed by atoms with Gasteiger partial charge in [0.05, 0.1) is 42.3 Å². The van der Waals surface area contributed by atoms with Crippen molar-refractivity contribution in [3.05, 3.63) is 97.1 Å². The van der Waals surface area contributed by atoms with Crippen LogP contribution in [-0.4, -0.2) is 29.9 Å². The molecule has 2 aliphatic heterocycles. The standard InChI is InChI=1S/2C16H17NO2S/c2*1-2-3-12-17-13-8-4-6-10-15(13)20(18,19)16-11-7-5-9-14(16)17/h2*4-11H,2-3,12H2,1H3. The highest BCUT2D eigenvalue weighted by Crippen LogP contribution is 2.45. The maximum absolute atomic E-state index is 12.7. The Morgan fingerprint density at radius 1 is 0.450 bits per heavy atom. The molecule has 0 unspecified atom stereocenters. The van der Waals surface area contributed by atoms with Gasteiger partial charge in [0, 0.05) is 13.1 Å². The van der Waals surface area contributed by atoms with Gasteiger partial charge in [-0.2, -0.15) is 0 Å². The SMILES string of the molecule is CCCCN1c2ccccc2S(=O)(=O)c2ccccc21.CCCCN1c2ccccc2S(=O)(=O)c2ccccc21. The van der Waals surface area contributed by atoms with Crippen LogP contribution >= 0.6 is 0 Å². The van der Waals surface area contributed by atoms with Crippen molar-refractivity contribution in [2.45, 2.75) is 59.1 Å². The van der Waals surface area contributed by atoms with Crippen LogP contribution in [0, 0.1) is 0 Å². The second kappa shape index (κ2) is 11.5. The highest BCUT2D eigenvalue weighted by atomic mass is 32.2. The van der Waals surface area contributed by atoms with E-state index in [-0.39, 0.29) is 0 Å². The lowest BCUT2D eigenvalue weighted by Gasteiger charge is -2.32. The van der Waals surface area contributed by atoms with Crippen molar-refractivity contribution in [3.63, 3.8) is 0 Å². The minimum Gasteiger partial charge on any atom is -0.339 e. The second-order valence-corrected chi connectivity index (χ2v) is 13.7. The molecule has 4 aromatic rings. The predicted octanol–water partition coefficient (Wildman–Crippen LogP) is 7.54. The number of unbranched alkanes of at least 4 members (excludes halogenated alkanes) is 2. The van der Waals surface area contributed by atoms with Gasteiger partial charge in [-0.15, -0.1) is 0 Å². The van der Waals surface area contributed by atoms with Gasteiger partial charge >= 0.3 is 0 Å². The van der Waals surface area contributed by atoms with E-state index < -0.39 is 19.7 Å². The number of hydrogen-bond donors (Lipinski definition) is 0. The normalized spacial score (nSPS) is 15.6. The van der Waals surface area contributed by atoms with E-state index in [1.54, 1.807) is 48.5 Å². The van der Waals surface area contributed by atoms with Crippen LogP contribution in [0.15, 0.2) is 117 Å². The van der Waals surface area contributed by atoms with Crippen LogP contribution in [0.3, 0.4) is 0 Å². The molecule has 6 rings (SSSR count). The van der Waals surface area contributed by atoms with Crippen molar-refractivity contribution in [1.29, 1.82) is 0 Å². The highest BCUT2D eigenvalue weighted by Gasteiger charge is 2.34. The Hall–Kier alpha value is -3.62. The van der Waals surface area contributed by atoms with Gasteiger partial charge in [0.15, 0.2) is 0 Å². The zero-order valence-corrected chi connectivity index (χ0v) is 24.5. The van der Waals surface area contributed by atoms with Gasteiger partial charge < -0.3 is 9.80 Å². The Kier molecular flexibility index (Phi) is 8.01. The highest BCUT2D eigenvalue weighted by molar-refractivity contribution is 7.92. The van der Waals surface area contributed by atoms with Gasteiger partial charge in [-0.05, 0) is 61.4 Å². The number of para-hydroxylation sites is 4. The molecule has 2 aliphatic rings. The number of nitrogens with zero attached hydrogens (tertiary/aromatic N) is 2. The zero-order chi connectivity index (χ0) is 28.3. The number of anilines is 4. The molecule has 6 nitrogen and oxygen atoms in total. The van der Waals surface area contributed by atoms with E-state index in [4.69, 9.17) is 0 Å². The topological polar surface area (TPSA) is 74.8 Å². The van der Waals surface area contributed by atoms with Crippen LogP contribution in [0.2, 0.25) is 0 Å². The number of benzene rings is 4.